The van der Waals surface area contributed by atoms with E-state index < -0.39 is 0 Å². The Kier molecular flexibility index (Phi) is 2.86. The summed E-state index contributed by atoms with van der Waals surface area (Å²) in [4.78, 5) is 11.2. The van der Waals surface area contributed by atoms with E-state index in [9.17, 15) is 4.79 Å². The summed E-state index contributed by atoms with van der Waals surface area (Å²) in [5.74, 6) is -0.314. The second-order valence-corrected chi connectivity index (χ2v) is 2.73. The van der Waals surface area contributed by atoms with Gasteiger partial charge in [-0.15, -0.1) is 0 Å². The van der Waals surface area contributed by atoms with Gasteiger partial charge < -0.3 is 4.74 Å². The van der Waals surface area contributed by atoms with Crippen molar-refractivity contribution in [2.24, 2.45) is 0 Å². The van der Waals surface area contributed by atoms with Crippen molar-refractivity contribution in [1.82, 2.24) is 0 Å². The molecule has 2 nitrogen and oxygen atoms in total. The van der Waals surface area contributed by atoms with E-state index in [-0.39, 0.29) is 12.1 Å². The van der Waals surface area contributed by atoms with E-state index in [0.29, 0.717) is 5.56 Å². The number of hydrogen-bond acceptors (Lipinski definition) is 2. The van der Waals surface area contributed by atoms with Crippen LogP contribution < -0.4 is 0 Å². The molecule has 1 rings (SSSR count). The lowest BCUT2D eigenvalue weighted by Gasteiger charge is -2.06. The van der Waals surface area contributed by atoms with Crippen LogP contribution in [0.5, 0.6) is 0 Å². The molecule has 0 aliphatic carbocycles. The third kappa shape index (κ3) is 2.38. The molecule has 0 atom stereocenters. The SMILES string of the molecule is CC(C)OC(=O)c1[c]cccc1. The van der Waals surface area contributed by atoms with Crippen molar-refractivity contribution < 1.29 is 9.53 Å². The van der Waals surface area contributed by atoms with Crippen LogP contribution in [0.15, 0.2) is 24.3 Å². The Bertz CT molecular complexity index is 252. The summed E-state index contributed by atoms with van der Waals surface area (Å²) in [6.45, 7) is 3.64. The summed E-state index contributed by atoms with van der Waals surface area (Å²) in [5, 5.41) is 0. The number of hydrogen-bond donors (Lipinski definition) is 0. The van der Waals surface area contributed by atoms with Gasteiger partial charge in [0.1, 0.15) is 0 Å². The van der Waals surface area contributed by atoms with Crippen LogP contribution in [0, 0.1) is 6.07 Å². The third-order valence-electron chi connectivity index (χ3n) is 1.27. The zero-order valence-electron chi connectivity index (χ0n) is 7.20. The molecule has 0 saturated carbocycles. The number of benzene rings is 1. The van der Waals surface area contributed by atoms with Gasteiger partial charge in [-0.2, -0.15) is 0 Å². The highest BCUT2D eigenvalue weighted by atomic mass is 16.5. The fourth-order valence-corrected chi connectivity index (χ4v) is 0.798. The first-order valence-electron chi connectivity index (χ1n) is 3.88. The molecule has 1 aromatic carbocycles. The predicted molar refractivity (Wildman–Crippen MR) is 45.8 cm³/mol. The Morgan fingerprint density at radius 1 is 1.50 bits per heavy atom. The quantitative estimate of drug-likeness (QED) is 0.624. The molecule has 0 unspecified atom stereocenters. The first-order valence-corrected chi connectivity index (χ1v) is 3.88. The van der Waals surface area contributed by atoms with Crippen LogP contribution in [0.3, 0.4) is 0 Å². The average molecular weight is 163 g/mol. The van der Waals surface area contributed by atoms with E-state index in [1.165, 1.54) is 0 Å². The first-order chi connectivity index (χ1) is 5.70. The van der Waals surface area contributed by atoms with Crippen LogP contribution in [0.25, 0.3) is 0 Å². The van der Waals surface area contributed by atoms with E-state index in [2.05, 4.69) is 6.07 Å². The molecule has 0 aromatic heterocycles. The van der Waals surface area contributed by atoms with Gasteiger partial charge in [-0.05, 0) is 26.0 Å². The molecule has 12 heavy (non-hydrogen) atoms. The van der Waals surface area contributed by atoms with Crippen molar-refractivity contribution in [3.8, 4) is 0 Å². The second kappa shape index (κ2) is 3.90. The van der Waals surface area contributed by atoms with Gasteiger partial charge in [-0.1, -0.05) is 18.2 Å². The summed E-state index contributed by atoms with van der Waals surface area (Å²) in [6, 6.07) is 9.77. The highest BCUT2D eigenvalue weighted by molar-refractivity contribution is 5.89. The molecule has 0 aliphatic rings. The number of esters is 1. The van der Waals surface area contributed by atoms with Crippen LogP contribution in [0.2, 0.25) is 0 Å². The van der Waals surface area contributed by atoms with Crippen molar-refractivity contribution >= 4 is 5.97 Å². The maximum Gasteiger partial charge on any atom is 0.339 e. The lowest BCUT2D eigenvalue weighted by atomic mass is 10.2. The van der Waals surface area contributed by atoms with E-state index in [4.69, 9.17) is 4.74 Å². The number of ether oxygens (including phenoxy) is 1. The normalized spacial score (nSPS) is 9.92. The van der Waals surface area contributed by atoms with Crippen LogP contribution in [0.1, 0.15) is 24.2 Å². The molecule has 0 N–H and O–H groups in total. The van der Waals surface area contributed by atoms with Crippen molar-refractivity contribution in [1.29, 1.82) is 0 Å². The standard InChI is InChI=1S/C10H11O2/c1-8(2)12-10(11)9-6-4-3-5-7-9/h3-6,8H,1-2H3. The Morgan fingerprint density at radius 3 is 2.75 bits per heavy atom. The summed E-state index contributed by atoms with van der Waals surface area (Å²) in [5.41, 5.74) is 0.478. The lowest BCUT2D eigenvalue weighted by molar-refractivity contribution is 0.0377. The molecule has 1 aromatic rings. The first kappa shape index (κ1) is 8.78. The molecule has 0 fully saturated rings. The minimum absolute atomic E-state index is 0.0777. The zero-order chi connectivity index (χ0) is 8.97. The molecule has 0 saturated heterocycles. The second-order valence-electron chi connectivity index (χ2n) is 2.73. The van der Waals surface area contributed by atoms with Gasteiger partial charge >= 0.3 is 5.97 Å². The van der Waals surface area contributed by atoms with Gasteiger partial charge in [0.25, 0.3) is 0 Å². The molecular formula is C10H11O2. The van der Waals surface area contributed by atoms with Gasteiger partial charge in [-0.25, -0.2) is 4.79 Å². The minimum atomic E-state index is -0.314. The Morgan fingerprint density at radius 2 is 2.25 bits per heavy atom. The molecule has 0 aliphatic heterocycles. The van der Waals surface area contributed by atoms with Crippen molar-refractivity contribution in [3.63, 3.8) is 0 Å². The minimum Gasteiger partial charge on any atom is -0.459 e. The monoisotopic (exact) mass is 163 g/mol. The van der Waals surface area contributed by atoms with Crippen molar-refractivity contribution in [2.75, 3.05) is 0 Å². The third-order valence-corrected chi connectivity index (χ3v) is 1.27. The number of rotatable bonds is 2. The van der Waals surface area contributed by atoms with Crippen molar-refractivity contribution in [2.45, 2.75) is 20.0 Å². The average Bonchev–Trinajstić information content (AvgIpc) is 2.05. The number of carbonyl (C=O) groups excluding carboxylic acids is 1. The largest absolute Gasteiger partial charge is 0.459 e. The maximum atomic E-state index is 11.2. The smallest absolute Gasteiger partial charge is 0.339 e. The van der Waals surface area contributed by atoms with Crippen LogP contribution in [-0.4, -0.2) is 12.1 Å². The molecule has 0 heterocycles. The fourth-order valence-electron chi connectivity index (χ4n) is 0.798. The van der Waals surface area contributed by atoms with E-state index in [1.54, 1.807) is 18.2 Å². The topological polar surface area (TPSA) is 26.3 Å². The number of carbonyl (C=O) groups is 1. The van der Waals surface area contributed by atoms with Gasteiger partial charge in [-0.3, -0.25) is 0 Å². The highest BCUT2D eigenvalue weighted by Crippen LogP contribution is 2.01. The molecule has 0 bridgehead atoms. The molecule has 2 heteroatoms. The molecule has 0 amide bonds. The van der Waals surface area contributed by atoms with Gasteiger partial charge in [0, 0.05) is 0 Å². The lowest BCUT2D eigenvalue weighted by Crippen LogP contribution is -2.11. The highest BCUT2D eigenvalue weighted by Gasteiger charge is 2.07. The van der Waals surface area contributed by atoms with E-state index in [0.717, 1.165) is 0 Å². The summed E-state index contributed by atoms with van der Waals surface area (Å²) in [7, 11) is 0. The molecular weight excluding hydrogens is 152 g/mol. The van der Waals surface area contributed by atoms with Gasteiger partial charge in [0.15, 0.2) is 0 Å². The van der Waals surface area contributed by atoms with Gasteiger partial charge in [0.2, 0.25) is 0 Å². The van der Waals surface area contributed by atoms with Crippen LogP contribution >= 0.6 is 0 Å². The molecule has 1 radical (unpaired) electrons. The predicted octanol–water partition coefficient (Wildman–Crippen LogP) is 2.05. The Balaban J connectivity index is 2.66. The Labute approximate surface area is 72.2 Å². The summed E-state index contributed by atoms with van der Waals surface area (Å²) < 4.78 is 4.97. The van der Waals surface area contributed by atoms with Crippen LogP contribution in [-0.2, 0) is 4.74 Å². The van der Waals surface area contributed by atoms with E-state index >= 15 is 0 Å². The molecule has 0 spiro atoms. The van der Waals surface area contributed by atoms with Gasteiger partial charge in [0.05, 0.1) is 11.7 Å². The summed E-state index contributed by atoms with van der Waals surface area (Å²) in [6.07, 6.45) is -0.0777. The maximum absolute atomic E-state index is 11.2. The zero-order valence-corrected chi connectivity index (χ0v) is 7.20. The summed E-state index contributed by atoms with van der Waals surface area (Å²) >= 11 is 0. The Hall–Kier alpha value is -1.31. The molecule has 63 valence electrons. The fraction of sp³-hybridized carbons (Fsp3) is 0.300. The van der Waals surface area contributed by atoms with E-state index in [1.807, 2.05) is 19.9 Å². The van der Waals surface area contributed by atoms with Crippen LogP contribution in [0.4, 0.5) is 0 Å². The van der Waals surface area contributed by atoms with Crippen molar-refractivity contribution in [3.05, 3.63) is 35.9 Å².